The molecule has 1 aromatic rings. The lowest BCUT2D eigenvalue weighted by Crippen LogP contribution is -2.43. The van der Waals surface area contributed by atoms with E-state index in [0.29, 0.717) is 33.8 Å². The third-order valence-electron chi connectivity index (χ3n) is 4.18. The Labute approximate surface area is 136 Å². The van der Waals surface area contributed by atoms with Crippen molar-refractivity contribution < 1.29 is 9.84 Å². The van der Waals surface area contributed by atoms with E-state index < -0.39 is 6.10 Å². The van der Waals surface area contributed by atoms with Gasteiger partial charge in [-0.1, -0.05) is 43.5 Å². The maximum absolute atomic E-state index is 10.0. The molecule has 2 unspecified atom stereocenters. The Hall–Kier alpha value is -0.480. The summed E-state index contributed by atoms with van der Waals surface area (Å²) in [6, 6.07) is 5.51. The van der Waals surface area contributed by atoms with Crippen LogP contribution in [0, 0.1) is 5.41 Å². The molecule has 118 valence electrons. The number of ether oxygens (including phenoxy) is 1. The molecule has 21 heavy (non-hydrogen) atoms. The van der Waals surface area contributed by atoms with Crippen LogP contribution >= 0.6 is 23.2 Å². The van der Waals surface area contributed by atoms with Crippen LogP contribution < -0.4 is 10.1 Å². The van der Waals surface area contributed by atoms with E-state index >= 15 is 0 Å². The van der Waals surface area contributed by atoms with Crippen molar-refractivity contribution in [1.29, 1.82) is 0 Å². The Balaban J connectivity index is 1.77. The van der Waals surface area contributed by atoms with Crippen LogP contribution in [-0.2, 0) is 0 Å². The normalized spacial score (nSPS) is 22.2. The van der Waals surface area contributed by atoms with Crippen molar-refractivity contribution in [3.8, 4) is 5.75 Å². The first kappa shape index (κ1) is 16.9. The minimum atomic E-state index is -0.573. The first-order chi connectivity index (χ1) is 9.88. The van der Waals surface area contributed by atoms with Crippen molar-refractivity contribution in [1.82, 2.24) is 5.32 Å². The smallest absolute Gasteiger partial charge is 0.139 e. The Morgan fingerprint density at radius 1 is 1.43 bits per heavy atom. The molecular weight excluding hydrogens is 309 g/mol. The van der Waals surface area contributed by atoms with Gasteiger partial charge in [0, 0.05) is 23.7 Å². The fourth-order valence-corrected chi connectivity index (χ4v) is 3.15. The molecule has 1 aliphatic rings. The molecule has 1 aliphatic carbocycles. The van der Waals surface area contributed by atoms with E-state index in [1.54, 1.807) is 18.2 Å². The lowest BCUT2D eigenvalue weighted by Gasteiger charge is -2.28. The van der Waals surface area contributed by atoms with Crippen LogP contribution in [0.25, 0.3) is 0 Å². The predicted molar refractivity (Wildman–Crippen MR) is 87.4 cm³/mol. The maximum atomic E-state index is 10.0. The standard InChI is InChI=1S/C16H23Cl2NO2/c1-16(2)7-3-4-15(16)19-9-12(20)10-21-14-8-11(17)5-6-13(14)18/h5-6,8,12,15,19-20H,3-4,7,9-10H2,1-2H3. The zero-order valence-electron chi connectivity index (χ0n) is 12.5. The van der Waals surface area contributed by atoms with Crippen molar-refractivity contribution in [2.24, 2.45) is 5.41 Å². The van der Waals surface area contributed by atoms with Gasteiger partial charge >= 0.3 is 0 Å². The highest BCUT2D eigenvalue weighted by Crippen LogP contribution is 2.37. The molecule has 2 atom stereocenters. The lowest BCUT2D eigenvalue weighted by molar-refractivity contribution is 0.0986. The summed E-state index contributed by atoms with van der Waals surface area (Å²) in [5.41, 5.74) is 0.302. The highest BCUT2D eigenvalue weighted by Gasteiger charge is 2.34. The first-order valence-corrected chi connectivity index (χ1v) is 8.13. The molecule has 3 nitrogen and oxygen atoms in total. The van der Waals surface area contributed by atoms with Gasteiger partial charge in [-0.15, -0.1) is 0 Å². The molecule has 1 saturated carbocycles. The quantitative estimate of drug-likeness (QED) is 0.830. The second-order valence-electron chi connectivity index (χ2n) is 6.38. The number of halogens is 2. The van der Waals surface area contributed by atoms with Gasteiger partial charge in [0.1, 0.15) is 18.5 Å². The topological polar surface area (TPSA) is 41.5 Å². The van der Waals surface area contributed by atoms with Crippen LogP contribution in [0.2, 0.25) is 10.0 Å². The summed E-state index contributed by atoms with van der Waals surface area (Å²) < 4.78 is 5.54. The summed E-state index contributed by atoms with van der Waals surface area (Å²) in [4.78, 5) is 0. The molecule has 0 saturated heterocycles. The molecule has 0 heterocycles. The molecule has 5 heteroatoms. The Morgan fingerprint density at radius 2 is 2.19 bits per heavy atom. The summed E-state index contributed by atoms with van der Waals surface area (Å²) in [6.07, 6.45) is 3.07. The van der Waals surface area contributed by atoms with Crippen LogP contribution in [0.1, 0.15) is 33.1 Å². The third kappa shape index (κ3) is 4.75. The largest absolute Gasteiger partial charge is 0.489 e. The monoisotopic (exact) mass is 331 g/mol. The van der Waals surface area contributed by atoms with Crippen LogP contribution in [0.3, 0.4) is 0 Å². The van der Waals surface area contributed by atoms with E-state index in [4.69, 9.17) is 27.9 Å². The van der Waals surface area contributed by atoms with Crippen molar-refractivity contribution in [3.05, 3.63) is 28.2 Å². The van der Waals surface area contributed by atoms with E-state index in [1.165, 1.54) is 19.3 Å². The Morgan fingerprint density at radius 3 is 2.86 bits per heavy atom. The number of nitrogens with one attached hydrogen (secondary N) is 1. The van der Waals surface area contributed by atoms with Crippen LogP contribution in [-0.4, -0.2) is 30.4 Å². The van der Waals surface area contributed by atoms with Crippen LogP contribution in [0.15, 0.2) is 18.2 Å². The van der Waals surface area contributed by atoms with Crippen molar-refractivity contribution in [2.75, 3.05) is 13.2 Å². The lowest BCUT2D eigenvalue weighted by atomic mass is 9.87. The number of hydrogen-bond acceptors (Lipinski definition) is 3. The van der Waals surface area contributed by atoms with Gasteiger partial charge in [0.05, 0.1) is 5.02 Å². The second kappa shape index (κ2) is 7.19. The second-order valence-corrected chi connectivity index (χ2v) is 7.22. The zero-order valence-corrected chi connectivity index (χ0v) is 14.0. The molecule has 0 radical (unpaired) electrons. The van der Waals surface area contributed by atoms with E-state index in [9.17, 15) is 5.11 Å². The minimum absolute atomic E-state index is 0.195. The van der Waals surface area contributed by atoms with Gasteiger partial charge in [-0.25, -0.2) is 0 Å². The van der Waals surface area contributed by atoms with Gasteiger partial charge in [-0.3, -0.25) is 0 Å². The fraction of sp³-hybridized carbons (Fsp3) is 0.625. The fourth-order valence-electron chi connectivity index (χ4n) is 2.82. The molecule has 0 aromatic heterocycles. The first-order valence-electron chi connectivity index (χ1n) is 7.38. The van der Waals surface area contributed by atoms with Gasteiger partial charge < -0.3 is 15.2 Å². The molecule has 2 N–H and O–H groups in total. The van der Waals surface area contributed by atoms with Gasteiger partial charge in [0.25, 0.3) is 0 Å². The third-order valence-corrected chi connectivity index (χ3v) is 4.73. The van der Waals surface area contributed by atoms with E-state index in [0.717, 1.165) is 0 Å². The number of rotatable bonds is 6. The average Bonchev–Trinajstić information content (AvgIpc) is 2.76. The molecule has 1 aromatic carbocycles. The number of hydrogen-bond donors (Lipinski definition) is 2. The van der Waals surface area contributed by atoms with E-state index in [2.05, 4.69) is 19.2 Å². The summed E-state index contributed by atoms with van der Waals surface area (Å²) in [6.45, 7) is 5.26. The Kier molecular flexibility index (Phi) is 5.78. The van der Waals surface area contributed by atoms with Gasteiger partial charge in [0.15, 0.2) is 0 Å². The maximum Gasteiger partial charge on any atom is 0.139 e. The molecule has 2 rings (SSSR count). The highest BCUT2D eigenvalue weighted by atomic mass is 35.5. The average molecular weight is 332 g/mol. The summed E-state index contributed by atoms with van der Waals surface area (Å²) in [5.74, 6) is 0.504. The summed E-state index contributed by atoms with van der Waals surface area (Å²) in [5, 5.41) is 14.5. The molecule has 0 amide bonds. The predicted octanol–water partition coefficient (Wildman–Crippen LogP) is 3.90. The van der Waals surface area contributed by atoms with E-state index in [1.807, 2.05) is 0 Å². The van der Waals surface area contributed by atoms with Crippen molar-refractivity contribution in [3.63, 3.8) is 0 Å². The van der Waals surface area contributed by atoms with Crippen molar-refractivity contribution in [2.45, 2.75) is 45.3 Å². The minimum Gasteiger partial charge on any atom is -0.489 e. The summed E-state index contributed by atoms with van der Waals surface area (Å²) in [7, 11) is 0. The van der Waals surface area contributed by atoms with Gasteiger partial charge in [-0.05, 0) is 30.4 Å². The molecule has 0 spiro atoms. The molecule has 1 fully saturated rings. The zero-order chi connectivity index (χ0) is 15.5. The molecule has 0 aliphatic heterocycles. The SMILES string of the molecule is CC1(C)CCCC1NCC(O)COc1cc(Cl)ccc1Cl. The highest BCUT2D eigenvalue weighted by molar-refractivity contribution is 6.34. The van der Waals surface area contributed by atoms with Gasteiger partial charge in [0.2, 0.25) is 0 Å². The molecular formula is C16H23Cl2NO2. The molecule has 0 bridgehead atoms. The van der Waals surface area contributed by atoms with Crippen LogP contribution in [0.5, 0.6) is 5.75 Å². The Bertz CT molecular complexity index is 479. The van der Waals surface area contributed by atoms with E-state index in [-0.39, 0.29) is 6.61 Å². The number of benzene rings is 1. The van der Waals surface area contributed by atoms with Crippen molar-refractivity contribution >= 4 is 23.2 Å². The van der Waals surface area contributed by atoms with Crippen LogP contribution in [0.4, 0.5) is 0 Å². The number of aliphatic hydroxyl groups excluding tert-OH is 1. The summed E-state index contributed by atoms with van der Waals surface area (Å²) >= 11 is 11.9. The number of aliphatic hydroxyl groups is 1. The van der Waals surface area contributed by atoms with Gasteiger partial charge in [-0.2, -0.15) is 0 Å².